The van der Waals surface area contributed by atoms with Gasteiger partial charge in [-0.05, 0) is 32.0 Å². The first kappa shape index (κ1) is 18.8. The smallest absolute Gasteiger partial charge is 0.244 e. The van der Waals surface area contributed by atoms with Crippen molar-refractivity contribution in [3.63, 3.8) is 0 Å². The Kier molecular flexibility index (Phi) is 6.03. The maximum Gasteiger partial charge on any atom is 0.244 e. The summed E-state index contributed by atoms with van der Waals surface area (Å²) in [4.78, 5) is 25.9. The molecule has 0 radical (unpaired) electrons. The van der Waals surface area contributed by atoms with Crippen LogP contribution in [0, 0.1) is 13.8 Å². The van der Waals surface area contributed by atoms with E-state index in [4.69, 9.17) is 20.9 Å². The van der Waals surface area contributed by atoms with Gasteiger partial charge in [-0.15, -0.1) is 0 Å². The molecule has 2 rings (SSSR count). The van der Waals surface area contributed by atoms with E-state index in [9.17, 15) is 9.59 Å². The highest BCUT2D eigenvalue weighted by Gasteiger charge is 2.19. The average Bonchev–Trinajstić information content (AvgIpc) is 2.86. The molecule has 0 aliphatic heterocycles. The third-order valence-electron chi connectivity index (χ3n) is 3.75. The Morgan fingerprint density at radius 3 is 2.68 bits per heavy atom. The highest BCUT2D eigenvalue weighted by atomic mass is 35.5. The lowest BCUT2D eigenvalue weighted by Crippen LogP contribution is -2.36. The van der Waals surface area contributed by atoms with Crippen LogP contribution in [0.5, 0.6) is 5.75 Å². The Labute approximate surface area is 150 Å². The van der Waals surface area contributed by atoms with Gasteiger partial charge >= 0.3 is 0 Å². The summed E-state index contributed by atoms with van der Waals surface area (Å²) in [7, 11) is 3.06. The van der Waals surface area contributed by atoms with Crippen LogP contribution in [0.2, 0.25) is 5.02 Å². The molecule has 0 aliphatic carbocycles. The second-order valence-corrected chi connectivity index (χ2v) is 6.06. The van der Waals surface area contributed by atoms with Crippen molar-refractivity contribution in [2.45, 2.75) is 20.3 Å². The van der Waals surface area contributed by atoms with Crippen LogP contribution in [0.15, 0.2) is 22.7 Å². The minimum absolute atomic E-state index is 0.0993. The summed E-state index contributed by atoms with van der Waals surface area (Å²) in [5.41, 5.74) is 1.87. The maximum absolute atomic E-state index is 12.3. The molecule has 0 atom stereocenters. The Balaban J connectivity index is 1.98. The largest absolute Gasteiger partial charge is 0.495 e. The number of aromatic nitrogens is 1. The molecule has 0 unspecified atom stereocenters. The Bertz CT molecular complexity index is 769. The van der Waals surface area contributed by atoms with Crippen molar-refractivity contribution in [1.82, 2.24) is 10.1 Å². The number of hydrogen-bond donors (Lipinski definition) is 1. The van der Waals surface area contributed by atoms with Gasteiger partial charge < -0.3 is 19.5 Å². The molecule has 7 nitrogen and oxygen atoms in total. The zero-order valence-corrected chi connectivity index (χ0v) is 15.3. The van der Waals surface area contributed by atoms with Crippen LogP contribution in [0.4, 0.5) is 5.69 Å². The number of methoxy groups -OCH3 is 1. The van der Waals surface area contributed by atoms with E-state index in [1.54, 1.807) is 39.1 Å². The number of ether oxygens (including phenoxy) is 1. The van der Waals surface area contributed by atoms with Gasteiger partial charge in [-0.2, -0.15) is 0 Å². The number of halogens is 1. The number of anilines is 1. The molecule has 0 bridgehead atoms. The van der Waals surface area contributed by atoms with E-state index < -0.39 is 0 Å². The first-order chi connectivity index (χ1) is 11.8. The highest BCUT2D eigenvalue weighted by Crippen LogP contribution is 2.27. The van der Waals surface area contributed by atoms with Crippen molar-refractivity contribution in [3.8, 4) is 5.75 Å². The van der Waals surface area contributed by atoms with Gasteiger partial charge in [0.1, 0.15) is 11.5 Å². The minimum atomic E-state index is -0.352. The molecule has 1 aromatic carbocycles. The van der Waals surface area contributed by atoms with Crippen molar-refractivity contribution in [1.29, 1.82) is 0 Å². The van der Waals surface area contributed by atoms with Gasteiger partial charge in [0.15, 0.2) is 0 Å². The number of nitrogens with one attached hydrogen (secondary N) is 1. The number of aryl methyl sites for hydroxylation is 2. The average molecular weight is 366 g/mol. The summed E-state index contributed by atoms with van der Waals surface area (Å²) >= 11 is 5.94. The number of rotatable bonds is 6. The number of carbonyl (C=O) groups is 2. The number of nitrogens with zero attached hydrogens (tertiary/aromatic N) is 2. The first-order valence-electron chi connectivity index (χ1n) is 7.61. The quantitative estimate of drug-likeness (QED) is 0.850. The van der Waals surface area contributed by atoms with Crippen LogP contribution in [-0.2, 0) is 16.0 Å². The molecular weight excluding hydrogens is 346 g/mol. The number of amides is 2. The molecule has 0 spiro atoms. The zero-order chi connectivity index (χ0) is 18.6. The van der Waals surface area contributed by atoms with Gasteiger partial charge in [-0.3, -0.25) is 9.59 Å². The molecule has 2 aromatic rings. The zero-order valence-electron chi connectivity index (χ0n) is 14.6. The lowest BCUT2D eigenvalue weighted by atomic mass is 10.1. The third kappa shape index (κ3) is 4.73. The van der Waals surface area contributed by atoms with E-state index in [1.807, 2.05) is 0 Å². The number of hydrogen-bond acceptors (Lipinski definition) is 5. The minimum Gasteiger partial charge on any atom is -0.495 e. The van der Waals surface area contributed by atoms with Gasteiger partial charge in [0, 0.05) is 17.6 Å². The van der Waals surface area contributed by atoms with E-state index >= 15 is 0 Å². The number of benzene rings is 1. The predicted molar refractivity (Wildman–Crippen MR) is 94.0 cm³/mol. The van der Waals surface area contributed by atoms with Crippen LogP contribution in [0.3, 0.4) is 0 Å². The van der Waals surface area contributed by atoms with E-state index in [0.717, 1.165) is 5.56 Å². The van der Waals surface area contributed by atoms with E-state index in [1.165, 1.54) is 12.0 Å². The molecule has 1 N–H and O–H groups in total. The SMILES string of the molecule is COc1ccc(Cl)cc1NC(=O)CN(C)C(=O)Cc1c(C)noc1C. The van der Waals surface area contributed by atoms with E-state index in [0.29, 0.717) is 27.9 Å². The third-order valence-corrected chi connectivity index (χ3v) is 3.99. The van der Waals surface area contributed by atoms with Gasteiger partial charge in [0.25, 0.3) is 0 Å². The fraction of sp³-hybridized carbons (Fsp3) is 0.353. The lowest BCUT2D eigenvalue weighted by molar-refractivity contribution is -0.132. The van der Waals surface area contributed by atoms with Gasteiger partial charge in [0.05, 0.1) is 31.5 Å². The maximum atomic E-state index is 12.3. The second-order valence-electron chi connectivity index (χ2n) is 5.62. The van der Waals surface area contributed by atoms with Crippen LogP contribution >= 0.6 is 11.6 Å². The van der Waals surface area contributed by atoms with E-state index in [2.05, 4.69) is 10.5 Å². The topological polar surface area (TPSA) is 84.7 Å². The van der Waals surface area contributed by atoms with Crippen molar-refractivity contribution in [2.75, 3.05) is 26.0 Å². The standard InChI is InChI=1S/C17H20ClN3O4/c1-10-13(11(2)25-20-10)8-17(23)21(3)9-16(22)19-14-7-12(18)5-6-15(14)24-4/h5-7H,8-9H2,1-4H3,(H,19,22). The van der Waals surface area contributed by atoms with Crippen LogP contribution in [0.25, 0.3) is 0 Å². The molecule has 134 valence electrons. The summed E-state index contributed by atoms with van der Waals surface area (Å²) < 4.78 is 10.2. The van der Waals surface area contributed by atoms with Gasteiger partial charge in [0.2, 0.25) is 11.8 Å². The molecule has 8 heteroatoms. The fourth-order valence-corrected chi connectivity index (χ4v) is 2.48. The van der Waals surface area contributed by atoms with E-state index in [-0.39, 0.29) is 24.8 Å². The lowest BCUT2D eigenvalue weighted by Gasteiger charge is -2.17. The molecular formula is C17H20ClN3O4. The fourth-order valence-electron chi connectivity index (χ4n) is 2.31. The van der Waals surface area contributed by atoms with Gasteiger partial charge in [-0.1, -0.05) is 16.8 Å². The van der Waals surface area contributed by atoms with Crippen LogP contribution in [-0.4, -0.2) is 42.6 Å². The molecule has 1 heterocycles. The van der Waals surface area contributed by atoms with Crippen LogP contribution < -0.4 is 10.1 Å². The summed E-state index contributed by atoms with van der Waals surface area (Å²) in [6.07, 6.45) is 0.130. The molecule has 0 saturated carbocycles. The highest BCUT2D eigenvalue weighted by molar-refractivity contribution is 6.31. The Morgan fingerprint density at radius 1 is 1.36 bits per heavy atom. The number of carbonyl (C=O) groups excluding carboxylic acids is 2. The first-order valence-corrected chi connectivity index (χ1v) is 7.98. The van der Waals surface area contributed by atoms with Crippen molar-refractivity contribution >= 4 is 29.1 Å². The summed E-state index contributed by atoms with van der Waals surface area (Å²) in [5, 5.41) is 6.99. The second kappa shape index (κ2) is 8.02. The Morgan fingerprint density at radius 2 is 2.08 bits per heavy atom. The van der Waals surface area contributed by atoms with Crippen molar-refractivity contribution < 1.29 is 18.8 Å². The summed E-state index contributed by atoms with van der Waals surface area (Å²) in [6, 6.07) is 4.91. The molecule has 2 amide bonds. The molecule has 25 heavy (non-hydrogen) atoms. The van der Waals surface area contributed by atoms with Crippen molar-refractivity contribution in [2.24, 2.45) is 0 Å². The van der Waals surface area contributed by atoms with Crippen molar-refractivity contribution in [3.05, 3.63) is 40.2 Å². The molecule has 0 aliphatic rings. The molecule has 0 saturated heterocycles. The summed E-state index contributed by atoms with van der Waals surface area (Å²) in [6.45, 7) is 3.43. The molecule has 0 fully saturated rings. The normalized spacial score (nSPS) is 10.4. The van der Waals surface area contributed by atoms with Gasteiger partial charge in [-0.25, -0.2) is 0 Å². The molecule has 1 aromatic heterocycles. The monoisotopic (exact) mass is 365 g/mol. The Hall–Kier alpha value is -2.54. The summed E-state index contributed by atoms with van der Waals surface area (Å²) in [5.74, 6) is 0.535. The number of likely N-dealkylation sites (N-methyl/N-ethyl adjacent to an activating group) is 1. The predicted octanol–water partition coefficient (Wildman–Crippen LogP) is 2.59. The van der Waals surface area contributed by atoms with Crippen LogP contribution in [0.1, 0.15) is 17.0 Å².